The molecule has 0 N–H and O–H groups in total. The first-order chi connectivity index (χ1) is 11.6. The molecule has 132 valence electrons. The maximum absolute atomic E-state index is 10.7. The molecule has 0 spiro atoms. The van der Waals surface area contributed by atoms with Crippen LogP contribution in [-0.2, 0) is 0 Å². The molecule has 0 bridgehead atoms. The van der Waals surface area contributed by atoms with Crippen LogP contribution in [0.1, 0.15) is 31.9 Å². The van der Waals surface area contributed by atoms with Crippen molar-refractivity contribution in [1.29, 1.82) is 0 Å². The van der Waals surface area contributed by atoms with Crippen molar-refractivity contribution in [1.82, 2.24) is 0 Å². The van der Waals surface area contributed by atoms with Crippen LogP contribution >= 0.6 is 0 Å². The molecule has 25 heavy (non-hydrogen) atoms. The normalized spacial score (nSPS) is 12.4. The molecule has 0 atom stereocenters. The highest BCUT2D eigenvalue weighted by atomic mass is 28.4. The molecule has 0 radical (unpaired) electrons. The van der Waals surface area contributed by atoms with Crippen LogP contribution in [0, 0.1) is 10.1 Å². The van der Waals surface area contributed by atoms with Crippen LogP contribution in [-0.4, -0.2) is 13.2 Å². The highest BCUT2D eigenvalue weighted by Crippen LogP contribution is 2.37. The Bertz CT molecular complexity index is 757. The number of non-ortho nitro benzene ring substituents is 1. The van der Waals surface area contributed by atoms with Gasteiger partial charge in [0, 0.05) is 12.1 Å². The van der Waals surface area contributed by atoms with E-state index in [0.29, 0.717) is 0 Å². The second-order valence-electron chi connectivity index (χ2n) is 7.61. The van der Waals surface area contributed by atoms with E-state index in [2.05, 4.69) is 33.9 Å². The predicted octanol–water partition coefficient (Wildman–Crippen LogP) is 6.15. The summed E-state index contributed by atoms with van der Waals surface area (Å²) in [6.45, 7) is 11.1. The van der Waals surface area contributed by atoms with Gasteiger partial charge in [-0.15, -0.1) is 0 Å². The summed E-state index contributed by atoms with van der Waals surface area (Å²) in [5, 5.41) is 10.8. The van der Waals surface area contributed by atoms with Gasteiger partial charge in [-0.25, -0.2) is 0 Å². The van der Waals surface area contributed by atoms with Gasteiger partial charge in [0.05, 0.1) is 4.92 Å². The zero-order valence-electron chi connectivity index (χ0n) is 15.4. The van der Waals surface area contributed by atoms with E-state index in [1.807, 2.05) is 36.4 Å². The fraction of sp³-hybridized carbons (Fsp3) is 0.300. The zero-order chi connectivity index (χ0) is 18.7. The van der Waals surface area contributed by atoms with Gasteiger partial charge in [0.2, 0.25) is 8.32 Å². The number of nitro groups is 1. The Morgan fingerprint density at radius 3 is 1.76 bits per heavy atom. The summed E-state index contributed by atoms with van der Waals surface area (Å²) in [5.74, 6) is 0.902. The van der Waals surface area contributed by atoms with E-state index >= 15 is 0 Å². The Kier molecular flexibility index (Phi) is 5.47. The molecule has 0 amide bonds. The third kappa shape index (κ3) is 5.03. The first kappa shape index (κ1) is 18.9. The summed E-state index contributed by atoms with van der Waals surface area (Å²) in [4.78, 5) is 10.3. The fourth-order valence-corrected chi connectivity index (χ4v) is 3.03. The summed E-state index contributed by atoms with van der Waals surface area (Å²) >= 11 is 0. The topological polar surface area (TPSA) is 52.4 Å². The molecule has 0 heterocycles. The number of hydrogen-bond donors (Lipinski definition) is 0. The third-order valence-electron chi connectivity index (χ3n) is 4.63. The minimum atomic E-state index is -1.82. The van der Waals surface area contributed by atoms with Crippen molar-refractivity contribution in [2.45, 2.75) is 38.9 Å². The molecule has 2 aromatic rings. The minimum absolute atomic E-state index is 0.101. The minimum Gasteiger partial charge on any atom is -0.544 e. The van der Waals surface area contributed by atoms with E-state index in [1.54, 1.807) is 12.1 Å². The Hall–Kier alpha value is -2.40. The second-order valence-corrected chi connectivity index (χ2v) is 12.3. The largest absolute Gasteiger partial charge is 0.544 e. The molecular weight excluding hydrogens is 330 g/mol. The predicted molar refractivity (Wildman–Crippen MR) is 106 cm³/mol. The van der Waals surface area contributed by atoms with Crippen LogP contribution in [0.4, 0.5) is 5.69 Å². The average Bonchev–Trinajstić information content (AvgIpc) is 2.53. The van der Waals surface area contributed by atoms with E-state index < -0.39 is 13.2 Å². The summed E-state index contributed by atoms with van der Waals surface area (Å²) in [5.41, 5.74) is 2.08. The van der Waals surface area contributed by atoms with Crippen molar-refractivity contribution >= 4 is 26.2 Å². The second kappa shape index (κ2) is 7.23. The third-order valence-corrected chi connectivity index (χ3v) is 8.99. The molecule has 0 aliphatic rings. The molecule has 2 rings (SSSR count). The molecule has 0 aromatic heterocycles. The quantitative estimate of drug-likeness (QED) is 0.280. The molecule has 0 saturated carbocycles. The molecule has 4 nitrogen and oxygen atoms in total. The van der Waals surface area contributed by atoms with Crippen molar-refractivity contribution in [3.63, 3.8) is 0 Å². The van der Waals surface area contributed by atoms with Gasteiger partial charge in [-0.2, -0.15) is 0 Å². The number of nitrogens with zero attached hydrogens (tertiary/aromatic N) is 1. The smallest absolute Gasteiger partial charge is 0.269 e. The zero-order valence-corrected chi connectivity index (χ0v) is 16.4. The Morgan fingerprint density at radius 2 is 1.36 bits per heavy atom. The molecular formula is C20H25NO3Si. The van der Waals surface area contributed by atoms with Crippen molar-refractivity contribution in [2.24, 2.45) is 0 Å². The Labute approximate surface area is 150 Å². The van der Waals surface area contributed by atoms with Crippen LogP contribution in [0.3, 0.4) is 0 Å². The van der Waals surface area contributed by atoms with Crippen LogP contribution in [0.15, 0.2) is 48.5 Å². The van der Waals surface area contributed by atoms with Crippen LogP contribution in [0.5, 0.6) is 5.75 Å². The standard InChI is InChI=1S/C20H25NO3Si/c1-20(2,3)25(4,5)24-19-14-10-17(11-15-19)7-6-16-8-12-18(13-9-16)21(22)23/h6-15H,1-5H3/b7-6+. The lowest BCUT2D eigenvalue weighted by molar-refractivity contribution is -0.384. The van der Waals surface area contributed by atoms with Crippen molar-refractivity contribution in [3.05, 3.63) is 69.8 Å². The SMILES string of the molecule is CC(C)(C)[Si](C)(C)Oc1ccc(/C=C/c2ccc([N+](=O)[O-])cc2)cc1. The molecule has 5 heteroatoms. The fourth-order valence-electron chi connectivity index (χ4n) is 1.99. The first-order valence-electron chi connectivity index (χ1n) is 8.30. The number of hydrogen-bond acceptors (Lipinski definition) is 3. The van der Waals surface area contributed by atoms with Gasteiger partial charge in [0.15, 0.2) is 0 Å². The van der Waals surface area contributed by atoms with Crippen molar-refractivity contribution in [3.8, 4) is 5.75 Å². The van der Waals surface area contributed by atoms with Crippen molar-refractivity contribution in [2.75, 3.05) is 0 Å². The monoisotopic (exact) mass is 355 g/mol. The molecule has 0 unspecified atom stereocenters. The summed E-state index contributed by atoms with van der Waals surface area (Å²) in [6.07, 6.45) is 3.92. The maximum atomic E-state index is 10.7. The highest BCUT2D eigenvalue weighted by molar-refractivity contribution is 6.74. The Balaban J connectivity index is 2.06. The van der Waals surface area contributed by atoms with E-state index in [9.17, 15) is 10.1 Å². The van der Waals surface area contributed by atoms with Crippen molar-refractivity contribution < 1.29 is 9.35 Å². The van der Waals surface area contributed by atoms with E-state index in [1.165, 1.54) is 12.1 Å². The molecule has 2 aromatic carbocycles. The van der Waals surface area contributed by atoms with Gasteiger partial charge in [-0.3, -0.25) is 10.1 Å². The molecule has 0 aliphatic heterocycles. The maximum Gasteiger partial charge on any atom is 0.269 e. The molecule has 0 aliphatic carbocycles. The lowest BCUT2D eigenvalue weighted by Gasteiger charge is -2.36. The summed E-state index contributed by atoms with van der Waals surface area (Å²) < 4.78 is 6.27. The Morgan fingerprint density at radius 1 is 0.920 bits per heavy atom. The number of nitro benzene ring substituents is 1. The van der Waals surface area contributed by atoms with Crippen LogP contribution < -0.4 is 4.43 Å². The summed E-state index contributed by atoms with van der Waals surface area (Å²) in [6, 6.07) is 14.5. The van der Waals surface area contributed by atoms with Gasteiger partial charge in [0.1, 0.15) is 5.75 Å². The van der Waals surface area contributed by atoms with Gasteiger partial charge in [0.25, 0.3) is 5.69 Å². The van der Waals surface area contributed by atoms with Gasteiger partial charge in [-0.05, 0) is 53.5 Å². The summed E-state index contributed by atoms with van der Waals surface area (Å²) in [7, 11) is -1.82. The van der Waals surface area contributed by atoms with Crippen LogP contribution in [0.25, 0.3) is 12.2 Å². The van der Waals surface area contributed by atoms with E-state index in [4.69, 9.17) is 4.43 Å². The molecule has 0 saturated heterocycles. The first-order valence-corrected chi connectivity index (χ1v) is 11.2. The van der Waals surface area contributed by atoms with E-state index in [0.717, 1.165) is 16.9 Å². The number of benzene rings is 2. The molecule has 0 fully saturated rings. The highest BCUT2D eigenvalue weighted by Gasteiger charge is 2.38. The van der Waals surface area contributed by atoms with Crippen LogP contribution in [0.2, 0.25) is 18.1 Å². The van der Waals surface area contributed by atoms with Gasteiger partial charge < -0.3 is 4.43 Å². The number of rotatable bonds is 5. The lowest BCUT2D eigenvalue weighted by Crippen LogP contribution is -2.43. The lowest BCUT2D eigenvalue weighted by atomic mass is 10.1. The average molecular weight is 356 g/mol. The van der Waals surface area contributed by atoms with E-state index in [-0.39, 0.29) is 10.7 Å². The van der Waals surface area contributed by atoms with Gasteiger partial charge >= 0.3 is 0 Å². The van der Waals surface area contributed by atoms with Gasteiger partial charge in [-0.1, -0.05) is 45.1 Å².